The molecule has 2 amide bonds. The van der Waals surface area contributed by atoms with Gasteiger partial charge in [-0.15, -0.1) is 0 Å². The Balaban J connectivity index is 1.49. The average molecular weight is 749 g/mol. The number of nitrogens with one attached hydrogen (secondary N) is 2. The molecule has 23 heteroatoms. The van der Waals surface area contributed by atoms with Crippen LogP contribution in [0.3, 0.4) is 0 Å². The molecule has 4 saturated heterocycles. The van der Waals surface area contributed by atoms with Gasteiger partial charge in [-0.05, 0) is 0 Å². The number of aliphatic hydroxyl groups is 12. The van der Waals surface area contributed by atoms with E-state index in [9.17, 15) is 70.9 Å². The summed E-state index contributed by atoms with van der Waals surface area (Å²) in [5.41, 5.74) is 0. The fourth-order valence-corrected chi connectivity index (χ4v) is 6.25. The van der Waals surface area contributed by atoms with Crippen LogP contribution in [-0.2, 0) is 42.7 Å². The van der Waals surface area contributed by atoms with Gasteiger partial charge in [-0.3, -0.25) is 9.59 Å². The summed E-state index contributed by atoms with van der Waals surface area (Å²) in [5.74, 6) is -1.39. The molecule has 14 N–H and O–H groups in total. The molecule has 4 fully saturated rings. The van der Waals surface area contributed by atoms with Crippen LogP contribution in [0.5, 0.6) is 0 Å². The van der Waals surface area contributed by atoms with E-state index in [-0.39, 0.29) is 0 Å². The van der Waals surface area contributed by atoms with Crippen molar-refractivity contribution in [1.82, 2.24) is 10.6 Å². The molecular weight excluding hydrogens is 700 g/mol. The van der Waals surface area contributed by atoms with Crippen LogP contribution in [-0.4, -0.2) is 222 Å². The number of carbonyl (C=O) groups excluding carboxylic acids is 2. The number of ether oxygens (including phenoxy) is 7. The van der Waals surface area contributed by atoms with Crippen molar-refractivity contribution in [3.05, 3.63) is 0 Å². The van der Waals surface area contributed by atoms with E-state index in [2.05, 4.69) is 10.6 Å². The Morgan fingerprint density at radius 3 is 1.49 bits per heavy atom. The molecule has 4 aliphatic heterocycles. The summed E-state index contributed by atoms with van der Waals surface area (Å²) in [5, 5.41) is 129. The molecule has 296 valence electrons. The minimum absolute atomic E-state index is 0.678. The summed E-state index contributed by atoms with van der Waals surface area (Å²) in [4.78, 5) is 23.9. The second kappa shape index (κ2) is 18.0. The molecule has 23 nitrogen and oxygen atoms in total. The van der Waals surface area contributed by atoms with E-state index in [1.807, 2.05) is 0 Å². The number of aliphatic hydroxyl groups excluding tert-OH is 12. The number of carbonyl (C=O) groups is 2. The lowest BCUT2D eigenvalue weighted by Gasteiger charge is -2.48. The first-order chi connectivity index (χ1) is 24.0. The third-order valence-electron chi connectivity index (χ3n) is 8.99. The summed E-state index contributed by atoms with van der Waals surface area (Å²) in [6.07, 6.45) is -30.9. The largest absolute Gasteiger partial charge is 0.394 e. The molecule has 51 heavy (non-hydrogen) atoms. The highest BCUT2D eigenvalue weighted by molar-refractivity contribution is 5.73. The lowest BCUT2D eigenvalue weighted by molar-refractivity contribution is -0.358. The van der Waals surface area contributed by atoms with Crippen molar-refractivity contribution in [1.29, 1.82) is 0 Å². The first-order valence-corrected chi connectivity index (χ1v) is 16.1. The minimum atomic E-state index is -1.98. The van der Waals surface area contributed by atoms with E-state index in [0.29, 0.717) is 0 Å². The topological polar surface area (TPSA) is 366 Å². The van der Waals surface area contributed by atoms with E-state index in [1.54, 1.807) is 0 Å². The van der Waals surface area contributed by atoms with Crippen molar-refractivity contribution in [3.8, 4) is 0 Å². The quantitative estimate of drug-likeness (QED) is 0.0881. The van der Waals surface area contributed by atoms with E-state index < -0.39 is 161 Å². The Hall–Kier alpha value is -1.82. The van der Waals surface area contributed by atoms with Gasteiger partial charge in [0, 0.05) is 13.8 Å². The highest BCUT2D eigenvalue weighted by Gasteiger charge is 2.54. The molecule has 4 rings (SSSR count). The van der Waals surface area contributed by atoms with Gasteiger partial charge in [0.2, 0.25) is 11.8 Å². The predicted molar refractivity (Wildman–Crippen MR) is 157 cm³/mol. The monoisotopic (exact) mass is 748 g/mol. The van der Waals surface area contributed by atoms with Crippen LogP contribution in [0.4, 0.5) is 0 Å². The van der Waals surface area contributed by atoms with E-state index in [1.165, 1.54) is 0 Å². The van der Waals surface area contributed by atoms with Gasteiger partial charge in [-0.25, -0.2) is 0 Å². The Morgan fingerprint density at radius 1 is 0.510 bits per heavy atom. The maximum atomic E-state index is 12.1. The van der Waals surface area contributed by atoms with Crippen LogP contribution in [0.1, 0.15) is 13.8 Å². The Morgan fingerprint density at radius 2 is 0.961 bits per heavy atom. The molecule has 0 aromatic carbocycles. The second-order valence-electron chi connectivity index (χ2n) is 12.7. The lowest BCUT2D eigenvalue weighted by atomic mass is 9.95. The molecular formula is C28H48N2O21. The summed E-state index contributed by atoms with van der Waals surface area (Å²) < 4.78 is 38.9. The summed E-state index contributed by atoms with van der Waals surface area (Å²) in [7, 11) is 0. The van der Waals surface area contributed by atoms with Gasteiger partial charge in [0.25, 0.3) is 0 Å². The molecule has 4 heterocycles. The predicted octanol–water partition coefficient (Wildman–Crippen LogP) is -9.46. The highest BCUT2D eigenvalue weighted by Crippen LogP contribution is 2.32. The van der Waals surface area contributed by atoms with Gasteiger partial charge < -0.3 is 105 Å². The van der Waals surface area contributed by atoms with Crippen molar-refractivity contribution in [2.45, 2.75) is 137 Å². The van der Waals surface area contributed by atoms with Crippen molar-refractivity contribution >= 4 is 11.8 Å². The summed E-state index contributed by atoms with van der Waals surface area (Å²) in [6, 6.07) is -2.96. The van der Waals surface area contributed by atoms with Gasteiger partial charge in [0.15, 0.2) is 25.2 Å². The molecule has 20 atom stereocenters. The fraction of sp³-hybridized carbons (Fsp3) is 0.929. The van der Waals surface area contributed by atoms with Crippen molar-refractivity contribution in [3.63, 3.8) is 0 Å². The zero-order valence-corrected chi connectivity index (χ0v) is 27.4. The smallest absolute Gasteiger partial charge is 0.217 e. The molecule has 0 aromatic heterocycles. The van der Waals surface area contributed by atoms with Crippen LogP contribution in [0, 0.1) is 0 Å². The van der Waals surface area contributed by atoms with Gasteiger partial charge in [0.1, 0.15) is 97.5 Å². The normalized spacial score (nSPS) is 47.8. The Bertz CT molecular complexity index is 1140. The molecule has 4 aliphatic rings. The third kappa shape index (κ3) is 9.29. The standard InChI is InChI=1S/C28H48N2O21/c1-7(34)29-13-18(39)23(50-27-21(42)19(40)15(36)9(3-31)47-27)11(5-33)48-26(13)45-6-12-16(37)20(41)22(43)28(49-12)51-24-14(30-8(2)35)25(44)46-10(4-32)17(24)38/h9-28,31-33,36-44H,3-6H2,1-2H3,(H,29,34)(H,30,35)/t9-,10-,11-,12-,13-,14-,15+,16+,17+,18-,19+,20+,21-,22-,23-,24-,25?,26-,27+,28+/m1/s1. The van der Waals surface area contributed by atoms with Gasteiger partial charge >= 0.3 is 0 Å². The fourth-order valence-electron chi connectivity index (χ4n) is 6.25. The first-order valence-electron chi connectivity index (χ1n) is 16.1. The molecule has 0 aromatic rings. The number of amides is 2. The third-order valence-corrected chi connectivity index (χ3v) is 8.99. The second-order valence-corrected chi connectivity index (χ2v) is 12.7. The van der Waals surface area contributed by atoms with Crippen molar-refractivity contribution in [2.24, 2.45) is 0 Å². The van der Waals surface area contributed by atoms with E-state index >= 15 is 0 Å². The van der Waals surface area contributed by atoms with Crippen LogP contribution in [0.25, 0.3) is 0 Å². The summed E-state index contributed by atoms with van der Waals surface area (Å²) >= 11 is 0. The minimum Gasteiger partial charge on any atom is -0.394 e. The van der Waals surface area contributed by atoms with Crippen molar-refractivity contribution < 1.29 is 104 Å². The van der Waals surface area contributed by atoms with E-state index in [4.69, 9.17) is 33.2 Å². The van der Waals surface area contributed by atoms with Gasteiger partial charge in [0.05, 0.1) is 26.4 Å². The molecule has 0 saturated carbocycles. The average Bonchev–Trinajstić information content (AvgIpc) is 3.09. The molecule has 0 radical (unpaired) electrons. The van der Waals surface area contributed by atoms with E-state index in [0.717, 1.165) is 13.8 Å². The highest BCUT2D eigenvalue weighted by atomic mass is 16.8. The Kier molecular flexibility index (Phi) is 14.8. The molecule has 0 bridgehead atoms. The molecule has 0 aliphatic carbocycles. The maximum absolute atomic E-state index is 12.1. The zero-order valence-electron chi connectivity index (χ0n) is 27.4. The lowest BCUT2D eigenvalue weighted by Crippen LogP contribution is -2.68. The maximum Gasteiger partial charge on any atom is 0.217 e. The molecule has 0 spiro atoms. The van der Waals surface area contributed by atoms with Crippen LogP contribution >= 0.6 is 0 Å². The van der Waals surface area contributed by atoms with Crippen LogP contribution in [0.2, 0.25) is 0 Å². The number of hydrogen-bond donors (Lipinski definition) is 14. The number of hydrogen-bond acceptors (Lipinski definition) is 21. The zero-order chi connectivity index (χ0) is 37.9. The van der Waals surface area contributed by atoms with Gasteiger partial charge in [-0.2, -0.15) is 0 Å². The SMILES string of the molecule is CC(=O)N[C@H]1[C@H](OC[C@H]2O[C@@H](O[C@H]3[C@@H](O)[C@@H](CO)OC(O)[C@@H]3NC(C)=O)[C@H](O)[C@@H](O)[C@H]2O)O[C@H](CO)[C@@H](O[C@@H]2O[C@H](CO)[C@H](O)[C@H](O)[C@H]2O)[C@@H]1O. The van der Waals surface area contributed by atoms with Crippen LogP contribution in [0.15, 0.2) is 0 Å². The Labute approximate surface area is 289 Å². The van der Waals surface area contributed by atoms with Gasteiger partial charge in [-0.1, -0.05) is 0 Å². The van der Waals surface area contributed by atoms with Crippen LogP contribution < -0.4 is 10.6 Å². The summed E-state index contributed by atoms with van der Waals surface area (Å²) in [6.45, 7) is -0.979. The van der Waals surface area contributed by atoms with Crippen molar-refractivity contribution in [2.75, 3.05) is 26.4 Å². The first kappa shape index (κ1) is 41.9. The number of rotatable bonds is 12. The molecule has 1 unspecified atom stereocenters.